The van der Waals surface area contributed by atoms with Gasteiger partial charge < -0.3 is 0 Å². The molecule has 0 aliphatic carbocycles. The van der Waals surface area contributed by atoms with Gasteiger partial charge in [-0.3, -0.25) is 14.8 Å². The molecule has 0 unspecified atom stereocenters. The van der Waals surface area contributed by atoms with Crippen molar-refractivity contribution in [1.29, 1.82) is 5.26 Å². The van der Waals surface area contributed by atoms with Crippen molar-refractivity contribution in [3.8, 4) is 6.07 Å². The van der Waals surface area contributed by atoms with E-state index in [1.165, 1.54) is 12.1 Å². The minimum absolute atomic E-state index is 0.0378. The van der Waals surface area contributed by atoms with Crippen LogP contribution < -0.4 is 4.72 Å². The molecule has 0 amide bonds. The Morgan fingerprint density at radius 1 is 1.07 bits per heavy atom. The Morgan fingerprint density at radius 3 is 2.22 bits per heavy atom. The Kier molecular flexibility index (Phi) is 5.85. The molecule has 0 saturated carbocycles. The topological polar surface area (TPSA) is 147 Å². The van der Waals surface area contributed by atoms with Gasteiger partial charge in [0.1, 0.15) is 5.02 Å². The third-order valence-electron chi connectivity index (χ3n) is 3.18. The lowest BCUT2D eigenvalue weighted by Crippen LogP contribution is -2.13. The molecule has 27 heavy (non-hydrogen) atoms. The van der Waals surface area contributed by atoms with Crippen LogP contribution in [-0.2, 0) is 19.9 Å². The van der Waals surface area contributed by atoms with E-state index in [0.29, 0.717) is 0 Å². The number of allylic oxidation sites excluding steroid dienone is 1. The summed E-state index contributed by atoms with van der Waals surface area (Å²) in [5.74, 6) is 0. The van der Waals surface area contributed by atoms with Crippen LogP contribution in [-0.4, -0.2) is 21.8 Å². The molecule has 140 valence electrons. The van der Waals surface area contributed by atoms with E-state index >= 15 is 0 Å². The van der Waals surface area contributed by atoms with Gasteiger partial charge in [-0.05, 0) is 36.4 Å². The van der Waals surface area contributed by atoms with E-state index in [1.54, 1.807) is 6.07 Å². The Balaban J connectivity index is 2.32. The molecule has 0 radical (unpaired) electrons. The smallest absolute Gasteiger partial charge is 0.280 e. The summed E-state index contributed by atoms with van der Waals surface area (Å²) in [5.41, 5.74) is -0.527. The number of sulfone groups is 1. The number of rotatable bonds is 6. The number of anilines is 1. The molecule has 1 N–H and O–H groups in total. The van der Waals surface area contributed by atoms with Crippen LogP contribution in [0.4, 0.5) is 11.4 Å². The van der Waals surface area contributed by atoms with E-state index in [0.717, 1.165) is 41.8 Å². The number of nitriles is 1. The number of nitrogens with zero attached hydrogens (tertiary/aromatic N) is 2. The average Bonchev–Trinajstić information content (AvgIpc) is 2.60. The second-order valence-corrected chi connectivity index (χ2v) is 8.90. The van der Waals surface area contributed by atoms with Crippen molar-refractivity contribution in [2.75, 3.05) is 4.72 Å². The third kappa shape index (κ3) is 4.82. The minimum atomic E-state index is -4.17. The maximum atomic E-state index is 12.4. The zero-order chi connectivity index (χ0) is 20.2. The monoisotopic (exact) mass is 427 g/mol. The second-order valence-electron chi connectivity index (χ2n) is 4.98. The van der Waals surface area contributed by atoms with Gasteiger partial charge in [0.2, 0.25) is 9.84 Å². The Morgan fingerprint density at radius 2 is 1.67 bits per heavy atom. The molecule has 0 atom stereocenters. The Labute approximate surface area is 159 Å². The number of hydrogen-bond donors (Lipinski definition) is 1. The minimum Gasteiger partial charge on any atom is -0.280 e. The van der Waals surface area contributed by atoms with Gasteiger partial charge >= 0.3 is 0 Å². The zero-order valence-electron chi connectivity index (χ0n) is 13.2. The third-order valence-corrected chi connectivity index (χ3v) is 6.30. The van der Waals surface area contributed by atoms with Gasteiger partial charge in [0.05, 0.1) is 20.8 Å². The lowest BCUT2D eigenvalue weighted by atomic mass is 10.3. The van der Waals surface area contributed by atoms with Crippen molar-refractivity contribution in [3.63, 3.8) is 0 Å². The molecule has 2 rings (SSSR count). The largest absolute Gasteiger partial charge is 0.289 e. The van der Waals surface area contributed by atoms with Crippen LogP contribution in [0.1, 0.15) is 0 Å². The SMILES string of the molecule is N#C/C=C/S(=O)(=O)c1ccc(NS(=O)(=O)c2ccc(Cl)c([N+](=O)[O-])c2)cc1. The maximum Gasteiger partial charge on any atom is 0.289 e. The predicted molar refractivity (Wildman–Crippen MR) is 97.3 cm³/mol. The summed E-state index contributed by atoms with van der Waals surface area (Å²) in [6.07, 6.45) is 0.805. The first kappa shape index (κ1) is 20.4. The number of nitro groups is 1. The van der Waals surface area contributed by atoms with E-state index in [9.17, 15) is 26.9 Å². The van der Waals surface area contributed by atoms with Gasteiger partial charge in [-0.1, -0.05) is 11.6 Å². The number of benzene rings is 2. The number of hydrogen-bond acceptors (Lipinski definition) is 7. The Bertz CT molecular complexity index is 1170. The molecule has 0 aromatic heterocycles. The van der Waals surface area contributed by atoms with Crippen LogP contribution in [0.5, 0.6) is 0 Å². The first-order chi connectivity index (χ1) is 12.6. The first-order valence-electron chi connectivity index (χ1n) is 6.95. The van der Waals surface area contributed by atoms with Crippen molar-refractivity contribution < 1.29 is 21.8 Å². The number of sulfonamides is 1. The molecule has 0 bridgehead atoms. The second kappa shape index (κ2) is 7.75. The van der Waals surface area contributed by atoms with Crippen LogP contribution >= 0.6 is 11.6 Å². The number of nitro benzene ring substituents is 1. The molecule has 0 spiro atoms. The van der Waals surface area contributed by atoms with E-state index in [2.05, 4.69) is 4.72 Å². The fraction of sp³-hybridized carbons (Fsp3) is 0. The summed E-state index contributed by atoms with van der Waals surface area (Å²) in [7, 11) is -7.99. The summed E-state index contributed by atoms with van der Waals surface area (Å²) < 4.78 is 50.7. The summed E-state index contributed by atoms with van der Waals surface area (Å²) in [6.45, 7) is 0. The van der Waals surface area contributed by atoms with Gasteiger partial charge in [-0.2, -0.15) is 5.26 Å². The van der Waals surface area contributed by atoms with Crippen LogP contribution in [0.25, 0.3) is 0 Å². The number of nitrogens with one attached hydrogen (secondary N) is 1. The standard InChI is InChI=1S/C15H10ClN3O6S2/c16-14-7-6-13(10-15(14)19(20)21)27(24,25)18-11-2-4-12(5-3-11)26(22,23)9-1-8-17/h1-7,9-10,18H/b9-1+. The summed E-state index contributed by atoms with van der Waals surface area (Å²) in [4.78, 5) is 9.56. The van der Waals surface area contributed by atoms with Crippen molar-refractivity contribution in [2.24, 2.45) is 0 Å². The molecular formula is C15H10ClN3O6S2. The van der Waals surface area contributed by atoms with Crippen molar-refractivity contribution in [1.82, 2.24) is 0 Å². The van der Waals surface area contributed by atoms with E-state index in [4.69, 9.17) is 16.9 Å². The highest BCUT2D eigenvalue weighted by Gasteiger charge is 2.21. The highest BCUT2D eigenvalue weighted by molar-refractivity contribution is 7.94. The van der Waals surface area contributed by atoms with Crippen LogP contribution in [0.15, 0.2) is 63.7 Å². The summed E-state index contributed by atoms with van der Waals surface area (Å²) in [5, 5.41) is 19.8. The van der Waals surface area contributed by atoms with Crippen LogP contribution in [0, 0.1) is 21.4 Å². The number of halogens is 1. The fourth-order valence-electron chi connectivity index (χ4n) is 1.92. The molecule has 9 nitrogen and oxygen atoms in total. The summed E-state index contributed by atoms with van der Waals surface area (Å²) in [6, 6.07) is 9.28. The molecular weight excluding hydrogens is 418 g/mol. The molecule has 0 saturated heterocycles. The molecule has 0 aliphatic rings. The first-order valence-corrected chi connectivity index (χ1v) is 10.4. The van der Waals surface area contributed by atoms with E-state index in [-0.39, 0.29) is 20.5 Å². The highest BCUT2D eigenvalue weighted by atomic mass is 35.5. The van der Waals surface area contributed by atoms with Crippen molar-refractivity contribution >= 4 is 42.8 Å². The Hall–Kier alpha value is -2.94. The van der Waals surface area contributed by atoms with Crippen molar-refractivity contribution in [3.05, 3.63) is 69.1 Å². The highest BCUT2D eigenvalue weighted by Crippen LogP contribution is 2.28. The zero-order valence-corrected chi connectivity index (χ0v) is 15.6. The molecule has 2 aromatic rings. The van der Waals surface area contributed by atoms with Crippen LogP contribution in [0.3, 0.4) is 0 Å². The van der Waals surface area contributed by atoms with Gasteiger partial charge in [-0.15, -0.1) is 0 Å². The van der Waals surface area contributed by atoms with E-state index < -0.39 is 30.5 Å². The van der Waals surface area contributed by atoms with E-state index in [1.807, 2.05) is 0 Å². The summed E-state index contributed by atoms with van der Waals surface area (Å²) >= 11 is 5.66. The fourth-order valence-corrected chi connectivity index (χ4v) is 4.10. The lowest BCUT2D eigenvalue weighted by Gasteiger charge is -2.09. The van der Waals surface area contributed by atoms with Gasteiger partial charge in [0.25, 0.3) is 15.7 Å². The maximum absolute atomic E-state index is 12.4. The molecule has 12 heteroatoms. The predicted octanol–water partition coefficient (Wildman–Crippen LogP) is 2.86. The van der Waals surface area contributed by atoms with Crippen molar-refractivity contribution in [2.45, 2.75) is 9.79 Å². The van der Waals surface area contributed by atoms with Gasteiger partial charge in [-0.25, -0.2) is 16.8 Å². The van der Waals surface area contributed by atoms with Gasteiger partial charge in [0, 0.05) is 23.2 Å². The quantitative estimate of drug-likeness (QED) is 0.423. The molecule has 2 aromatic carbocycles. The molecule has 0 heterocycles. The molecule has 0 fully saturated rings. The molecule has 0 aliphatic heterocycles. The average molecular weight is 428 g/mol. The van der Waals surface area contributed by atoms with Crippen LogP contribution in [0.2, 0.25) is 5.02 Å². The normalized spacial score (nSPS) is 11.9. The lowest BCUT2D eigenvalue weighted by molar-refractivity contribution is -0.384. The van der Waals surface area contributed by atoms with Gasteiger partial charge in [0.15, 0.2) is 0 Å².